The van der Waals surface area contributed by atoms with Gasteiger partial charge in [0.25, 0.3) is 0 Å². The maximum absolute atomic E-state index is 14.5. The molecule has 3 aromatic carbocycles. The highest BCUT2D eigenvalue weighted by atomic mass is 16.7. The lowest BCUT2D eigenvalue weighted by atomic mass is 9.94. The van der Waals surface area contributed by atoms with Gasteiger partial charge in [0, 0.05) is 35.2 Å². The third-order valence-electron chi connectivity index (χ3n) is 8.37. The lowest BCUT2D eigenvalue weighted by molar-refractivity contribution is -0.141. The summed E-state index contributed by atoms with van der Waals surface area (Å²) in [6.07, 6.45) is 7.10. The van der Waals surface area contributed by atoms with Crippen LogP contribution in [-0.4, -0.2) is 48.8 Å². The van der Waals surface area contributed by atoms with Gasteiger partial charge in [-0.05, 0) is 48.2 Å². The summed E-state index contributed by atoms with van der Waals surface area (Å²) in [6.45, 7) is 0.316. The Morgan fingerprint density at radius 1 is 0.977 bits per heavy atom. The average Bonchev–Trinajstić information content (AvgIpc) is 3.68. The van der Waals surface area contributed by atoms with Gasteiger partial charge in [-0.1, -0.05) is 55.7 Å². The van der Waals surface area contributed by atoms with E-state index >= 15 is 0 Å². The molecule has 1 saturated carbocycles. The molecule has 0 unspecified atom stereocenters. The van der Waals surface area contributed by atoms with E-state index in [0.717, 1.165) is 47.7 Å². The predicted molar refractivity (Wildman–Crippen MR) is 162 cm³/mol. The van der Waals surface area contributed by atoms with E-state index in [4.69, 9.17) is 18.9 Å². The van der Waals surface area contributed by atoms with Gasteiger partial charge in [-0.2, -0.15) is 0 Å². The van der Waals surface area contributed by atoms with Crippen LogP contribution < -0.4 is 24.3 Å². The molecule has 9 nitrogen and oxygen atoms in total. The van der Waals surface area contributed by atoms with E-state index < -0.39 is 6.04 Å². The number of nitrogens with zero attached hydrogens (tertiary/aromatic N) is 1. The molecule has 0 spiro atoms. The van der Waals surface area contributed by atoms with E-state index in [2.05, 4.69) is 10.3 Å². The molecule has 2 aliphatic rings. The van der Waals surface area contributed by atoms with E-state index in [9.17, 15) is 9.59 Å². The summed E-state index contributed by atoms with van der Waals surface area (Å²) in [5.74, 6) is 1.74. The first-order chi connectivity index (χ1) is 21.1. The Morgan fingerprint density at radius 2 is 1.79 bits per heavy atom. The molecule has 0 bridgehead atoms. The van der Waals surface area contributed by atoms with Crippen molar-refractivity contribution in [1.29, 1.82) is 0 Å². The van der Waals surface area contributed by atoms with Crippen LogP contribution >= 0.6 is 0 Å². The molecule has 224 valence electrons. The number of benzene rings is 3. The number of methoxy groups -OCH3 is 2. The number of carbonyl (C=O) groups excluding carboxylic acids is 2. The number of ether oxygens (including phenoxy) is 4. The molecule has 2 amide bonds. The minimum Gasteiger partial charge on any atom is -0.493 e. The zero-order chi connectivity index (χ0) is 29.8. The van der Waals surface area contributed by atoms with Gasteiger partial charge in [-0.3, -0.25) is 9.59 Å². The maximum Gasteiger partial charge on any atom is 0.247 e. The number of rotatable bonds is 10. The van der Waals surface area contributed by atoms with Crippen molar-refractivity contribution >= 4 is 22.7 Å². The van der Waals surface area contributed by atoms with Crippen molar-refractivity contribution in [3.63, 3.8) is 0 Å². The van der Waals surface area contributed by atoms with Crippen LogP contribution in [0.5, 0.6) is 23.0 Å². The van der Waals surface area contributed by atoms with Crippen molar-refractivity contribution < 1.29 is 28.5 Å². The standard InChI is InChI=1S/C34H37N3O6/c1-40-29-14-8-12-26(33(29)41-2)32(34(39)36-24-9-4-3-5-10-24)37(20-22-15-16-28-30(17-22)43-21-42-28)31(38)18-23-19-35-27-13-7-6-11-25(23)27/h6-8,11-17,19,24,32,35H,3-5,9-10,18,20-21H2,1-2H3,(H,36,39)/t32-/m1/s1. The van der Waals surface area contributed by atoms with Crippen molar-refractivity contribution in [2.75, 3.05) is 21.0 Å². The van der Waals surface area contributed by atoms with Crippen molar-refractivity contribution in [3.05, 3.63) is 83.6 Å². The minimum absolute atomic E-state index is 0.0523. The number of H-pyrrole nitrogens is 1. The Kier molecular flexibility index (Phi) is 8.40. The third-order valence-corrected chi connectivity index (χ3v) is 8.37. The first kappa shape index (κ1) is 28.5. The molecule has 43 heavy (non-hydrogen) atoms. The van der Waals surface area contributed by atoms with Gasteiger partial charge in [0.2, 0.25) is 18.6 Å². The number of carbonyl (C=O) groups is 2. The van der Waals surface area contributed by atoms with E-state index in [1.165, 1.54) is 6.42 Å². The number of aromatic amines is 1. The quantitative estimate of drug-likeness (QED) is 0.249. The summed E-state index contributed by atoms with van der Waals surface area (Å²) in [7, 11) is 3.11. The van der Waals surface area contributed by atoms with E-state index in [1.54, 1.807) is 25.2 Å². The third kappa shape index (κ3) is 5.98. The molecule has 1 aliphatic heterocycles. The Bertz CT molecular complexity index is 1610. The van der Waals surface area contributed by atoms with Crippen LogP contribution in [0.3, 0.4) is 0 Å². The van der Waals surface area contributed by atoms with Gasteiger partial charge in [0.05, 0.1) is 20.6 Å². The molecule has 6 rings (SSSR count). The van der Waals surface area contributed by atoms with Crippen LogP contribution in [-0.2, 0) is 22.6 Å². The average molecular weight is 584 g/mol. The highest BCUT2D eigenvalue weighted by Gasteiger charge is 2.36. The van der Waals surface area contributed by atoms with E-state index in [0.29, 0.717) is 28.6 Å². The minimum atomic E-state index is -0.977. The van der Waals surface area contributed by atoms with Crippen LogP contribution in [0, 0.1) is 0 Å². The smallest absolute Gasteiger partial charge is 0.247 e. The lowest BCUT2D eigenvalue weighted by Crippen LogP contribution is -2.47. The molecule has 9 heteroatoms. The maximum atomic E-state index is 14.5. The Hall–Kier alpha value is -4.66. The number of nitrogens with one attached hydrogen (secondary N) is 2. The summed E-state index contributed by atoms with van der Waals surface area (Å²) >= 11 is 0. The second-order valence-electron chi connectivity index (χ2n) is 11.1. The van der Waals surface area contributed by atoms with Crippen molar-refractivity contribution in [1.82, 2.24) is 15.2 Å². The summed E-state index contributed by atoms with van der Waals surface area (Å²) in [5.41, 5.74) is 3.19. The lowest BCUT2D eigenvalue weighted by Gasteiger charge is -2.34. The fourth-order valence-electron chi connectivity index (χ4n) is 6.21. The van der Waals surface area contributed by atoms with Gasteiger partial charge >= 0.3 is 0 Å². The SMILES string of the molecule is COc1cccc([C@H](C(=O)NC2CCCCC2)N(Cc2ccc3c(c2)OCO3)C(=O)Cc2c[nH]c3ccccc23)c1OC. The van der Waals surface area contributed by atoms with Crippen LogP contribution in [0.15, 0.2) is 66.9 Å². The topological polar surface area (TPSA) is 102 Å². The first-order valence-corrected chi connectivity index (χ1v) is 14.8. The number of aromatic nitrogens is 1. The molecule has 0 radical (unpaired) electrons. The monoisotopic (exact) mass is 583 g/mol. The Labute approximate surface area is 251 Å². The molecule has 2 N–H and O–H groups in total. The zero-order valence-electron chi connectivity index (χ0n) is 24.6. The molecule has 0 saturated heterocycles. The Balaban J connectivity index is 1.43. The second kappa shape index (κ2) is 12.7. The zero-order valence-corrected chi connectivity index (χ0v) is 24.6. The van der Waals surface area contributed by atoms with E-state index in [-0.39, 0.29) is 37.6 Å². The van der Waals surface area contributed by atoms with Gasteiger partial charge in [-0.25, -0.2) is 0 Å². The highest BCUT2D eigenvalue weighted by Crippen LogP contribution is 2.39. The van der Waals surface area contributed by atoms with Crippen molar-refractivity contribution in [3.8, 4) is 23.0 Å². The fraction of sp³-hybridized carbons (Fsp3) is 0.353. The molecule has 4 aromatic rings. The van der Waals surface area contributed by atoms with Crippen LogP contribution in [0.4, 0.5) is 0 Å². The fourth-order valence-corrected chi connectivity index (χ4v) is 6.21. The first-order valence-electron chi connectivity index (χ1n) is 14.8. The van der Waals surface area contributed by atoms with Crippen LogP contribution in [0.25, 0.3) is 10.9 Å². The van der Waals surface area contributed by atoms with Crippen LogP contribution in [0.1, 0.15) is 54.8 Å². The predicted octanol–water partition coefficient (Wildman–Crippen LogP) is 5.68. The number of fused-ring (bicyclic) bond motifs is 2. The summed E-state index contributed by atoms with van der Waals surface area (Å²) in [5, 5.41) is 4.25. The summed E-state index contributed by atoms with van der Waals surface area (Å²) in [6, 6.07) is 18.0. The van der Waals surface area contributed by atoms with Gasteiger partial charge in [0.1, 0.15) is 6.04 Å². The van der Waals surface area contributed by atoms with Crippen molar-refractivity contribution in [2.24, 2.45) is 0 Å². The van der Waals surface area contributed by atoms with Gasteiger partial charge in [0.15, 0.2) is 23.0 Å². The molecule has 1 aromatic heterocycles. The second-order valence-corrected chi connectivity index (χ2v) is 11.1. The van der Waals surface area contributed by atoms with Gasteiger partial charge in [-0.15, -0.1) is 0 Å². The number of hydrogen-bond donors (Lipinski definition) is 2. The normalized spacial score (nSPS) is 15.2. The molecular weight excluding hydrogens is 546 g/mol. The molecule has 1 atom stereocenters. The Morgan fingerprint density at radius 3 is 2.60 bits per heavy atom. The van der Waals surface area contributed by atoms with Crippen LogP contribution in [0.2, 0.25) is 0 Å². The summed E-state index contributed by atoms with van der Waals surface area (Å²) < 4.78 is 22.6. The van der Waals surface area contributed by atoms with Crippen molar-refractivity contribution in [2.45, 2.75) is 57.2 Å². The van der Waals surface area contributed by atoms with E-state index in [1.807, 2.05) is 60.8 Å². The molecule has 2 heterocycles. The largest absolute Gasteiger partial charge is 0.493 e. The molecule has 1 fully saturated rings. The number of hydrogen-bond acceptors (Lipinski definition) is 6. The number of amides is 2. The molecule has 1 aliphatic carbocycles. The number of para-hydroxylation sites is 2. The van der Waals surface area contributed by atoms with Gasteiger partial charge < -0.3 is 34.1 Å². The molecular formula is C34H37N3O6. The summed E-state index contributed by atoms with van der Waals surface area (Å²) in [4.78, 5) is 33.7. The highest BCUT2D eigenvalue weighted by molar-refractivity contribution is 5.93.